The Morgan fingerprint density at radius 1 is 1.40 bits per heavy atom. The number of carbonyl (C=O) groups is 1. The molecule has 7 nitrogen and oxygen atoms in total. The van der Waals surface area contributed by atoms with Gasteiger partial charge in [0.15, 0.2) is 0 Å². The summed E-state index contributed by atoms with van der Waals surface area (Å²) in [5, 5.41) is 0. The first-order chi connectivity index (χ1) is 11.9. The third kappa shape index (κ3) is 4.31. The number of ether oxygens (including phenoxy) is 2. The smallest absolute Gasteiger partial charge is 0.254 e. The Morgan fingerprint density at radius 3 is 2.92 bits per heavy atom. The molecule has 0 spiro atoms. The minimum Gasteiger partial charge on any atom is -0.494 e. The lowest BCUT2D eigenvalue weighted by molar-refractivity contribution is 0.0678. The van der Waals surface area contributed by atoms with E-state index in [9.17, 15) is 13.2 Å². The Hall–Kier alpha value is -1.64. The molecule has 0 bridgehead atoms. The van der Waals surface area contributed by atoms with Crippen molar-refractivity contribution in [3.05, 3.63) is 29.8 Å². The van der Waals surface area contributed by atoms with Crippen LogP contribution in [0, 0.1) is 11.8 Å². The van der Waals surface area contributed by atoms with Crippen LogP contribution in [-0.4, -0.2) is 64.4 Å². The summed E-state index contributed by atoms with van der Waals surface area (Å²) in [6.45, 7) is 4.45. The molecule has 0 aliphatic carbocycles. The van der Waals surface area contributed by atoms with Crippen LogP contribution in [0.15, 0.2) is 24.3 Å². The summed E-state index contributed by atoms with van der Waals surface area (Å²) >= 11 is 0. The largest absolute Gasteiger partial charge is 0.494 e. The van der Waals surface area contributed by atoms with E-state index in [0.717, 1.165) is 6.26 Å². The molecule has 2 aliphatic rings. The number of nitrogens with one attached hydrogen (secondary N) is 1. The van der Waals surface area contributed by atoms with Gasteiger partial charge in [-0.3, -0.25) is 4.79 Å². The number of hydrogen-bond acceptors (Lipinski definition) is 5. The minimum atomic E-state index is -3.22. The highest BCUT2D eigenvalue weighted by molar-refractivity contribution is 7.88. The van der Waals surface area contributed by atoms with Crippen molar-refractivity contribution in [2.75, 3.05) is 39.1 Å². The van der Waals surface area contributed by atoms with Crippen LogP contribution in [-0.2, 0) is 14.8 Å². The van der Waals surface area contributed by atoms with E-state index in [1.807, 2.05) is 19.1 Å². The van der Waals surface area contributed by atoms with E-state index < -0.39 is 10.0 Å². The topological polar surface area (TPSA) is 84.9 Å². The number of rotatable bonds is 6. The SMILES string of the molecule is CCOc1cccc(C(=O)N2C[C@@H]3[C@H](CNS(C)(=O)=O)CO[C@@H]3C2)c1. The number of nitrogens with zero attached hydrogens (tertiary/aromatic N) is 1. The molecule has 1 aromatic carbocycles. The Bertz CT molecular complexity index is 736. The van der Waals surface area contributed by atoms with Crippen LogP contribution >= 0.6 is 0 Å². The Kier molecular flexibility index (Phi) is 5.31. The lowest BCUT2D eigenvalue weighted by Gasteiger charge is -2.20. The first-order valence-electron chi connectivity index (χ1n) is 8.45. The van der Waals surface area contributed by atoms with E-state index in [1.54, 1.807) is 17.0 Å². The van der Waals surface area contributed by atoms with Crippen LogP contribution in [0.1, 0.15) is 17.3 Å². The molecule has 2 saturated heterocycles. The van der Waals surface area contributed by atoms with Crippen molar-refractivity contribution in [2.24, 2.45) is 11.8 Å². The van der Waals surface area contributed by atoms with Gasteiger partial charge in [-0.25, -0.2) is 13.1 Å². The fraction of sp³-hybridized carbons (Fsp3) is 0.588. The maximum atomic E-state index is 12.8. The summed E-state index contributed by atoms with van der Waals surface area (Å²) < 4.78 is 36.4. The molecule has 0 radical (unpaired) electrons. The summed E-state index contributed by atoms with van der Waals surface area (Å²) in [6.07, 6.45) is 1.13. The van der Waals surface area contributed by atoms with Crippen LogP contribution in [0.2, 0.25) is 0 Å². The number of amides is 1. The molecule has 2 fully saturated rings. The molecule has 138 valence electrons. The normalized spacial score (nSPS) is 25.8. The average Bonchev–Trinajstić information content (AvgIpc) is 3.13. The second-order valence-corrected chi connectivity index (χ2v) is 8.42. The van der Waals surface area contributed by atoms with Gasteiger partial charge in [-0.1, -0.05) is 6.07 Å². The summed E-state index contributed by atoms with van der Waals surface area (Å²) in [5.41, 5.74) is 0.594. The maximum absolute atomic E-state index is 12.8. The third-order valence-corrected chi connectivity index (χ3v) is 5.42. The van der Waals surface area contributed by atoms with E-state index in [1.165, 1.54) is 0 Å². The number of benzene rings is 1. The van der Waals surface area contributed by atoms with E-state index in [4.69, 9.17) is 9.47 Å². The van der Waals surface area contributed by atoms with Gasteiger partial charge in [0.25, 0.3) is 5.91 Å². The molecular weight excluding hydrogens is 344 g/mol. The van der Waals surface area contributed by atoms with Crippen LogP contribution in [0.3, 0.4) is 0 Å². The maximum Gasteiger partial charge on any atom is 0.254 e. The molecule has 1 aromatic rings. The van der Waals surface area contributed by atoms with Crippen molar-refractivity contribution < 1.29 is 22.7 Å². The van der Waals surface area contributed by atoms with Gasteiger partial charge < -0.3 is 14.4 Å². The van der Waals surface area contributed by atoms with Crippen LogP contribution in [0.4, 0.5) is 0 Å². The van der Waals surface area contributed by atoms with Crippen molar-refractivity contribution >= 4 is 15.9 Å². The lowest BCUT2D eigenvalue weighted by Crippen LogP contribution is -2.35. The van der Waals surface area contributed by atoms with Crippen molar-refractivity contribution in [2.45, 2.75) is 13.0 Å². The van der Waals surface area contributed by atoms with Crippen molar-refractivity contribution in [1.82, 2.24) is 9.62 Å². The number of likely N-dealkylation sites (tertiary alicyclic amines) is 1. The highest BCUT2D eigenvalue weighted by Crippen LogP contribution is 2.34. The molecule has 25 heavy (non-hydrogen) atoms. The van der Waals surface area contributed by atoms with Crippen molar-refractivity contribution in [3.8, 4) is 5.75 Å². The zero-order valence-electron chi connectivity index (χ0n) is 14.5. The highest BCUT2D eigenvalue weighted by Gasteiger charge is 2.45. The van der Waals surface area contributed by atoms with Gasteiger partial charge in [0, 0.05) is 37.0 Å². The number of hydrogen-bond donors (Lipinski definition) is 1. The van der Waals surface area contributed by atoms with Gasteiger partial charge in [-0.15, -0.1) is 0 Å². The second-order valence-electron chi connectivity index (χ2n) is 6.59. The van der Waals surface area contributed by atoms with Crippen molar-refractivity contribution in [3.63, 3.8) is 0 Å². The molecule has 0 unspecified atom stereocenters. The summed E-state index contributed by atoms with van der Waals surface area (Å²) in [6, 6.07) is 7.17. The fourth-order valence-corrected chi connectivity index (χ4v) is 4.02. The Labute approximate surface area is 148 Å². The molecular formula is C17H24N2O5S. The number of fused-ring (bicyclic) bond motifs is 1. The minimum absolute atomic E-state index is 0.0228. The standard InChI is InChI=1S/C17H24N2O5S/c1-3-23-14-6-4-5-12(7-14)17(20)19-9-15-13(8-18-25(2,21)22)11-24-16(15)10-19/h4-7,13,15-16,18H,3,8-11H2,1-2H3/t13-,15-,16-/m1/s1. The van der Waals surface area contributed by atoms with Crippen LogP contribution < -0.4 is 9.46 Å². The predicted octanol–water partition coefficient (Wildman–Crippen LogP) is 0.722. The molecule has 1 amide bonds. The quantitative estimate of drug-likeness (QED) is 0.800. The molecule has 2 heterocycles. The lowest BCUT2D eigenvalue weighted by atomic mass is 9.93. The fourth-order valence-electron chi connectivity index (χ4n) is 3.50. The van der Waals surface area contributed by atoms with Gasteiger partial charge in [0.05, 0.1) is 25.6 Å². The van der Waals surface area contributed by atoms with Gasteiger partial charge in [-0.2, -0.15) is 0 Å². The molecule has 3 atom stereocenters. The first-order valence-corrected chi connectivity index (χ1v) is 10.3. The zero-order valence-corrected chi connectivity index (χ0v) is 15.3. The van der Waals surface area contributed by atoms with Gasteiger partial charge >= 0.3 is 0 Å². The van der Waals surface area contributed by atoms with E-state index >= 15 is 0 Å². The molecule has 8 heteroatoms. The zero-order chi connectivity index (χ0) is 18.0. The van der Waals surface area contributed by atoms with Gasteiger partial charge in [0.1, 0.15) is 5.75 Å². The summed E-state index contributed by atoms with van der Waals surface area (Å²) in [4.78, 5) is 14.5. The molecule has 1 N–H and O–H groups in total. The van der Waals surface area contributed by atoms with E-state index in [-0.39, 0.29) is 23.8 Å². The average molecular weight is 368 g/mol. The Morgan fingerprint density at radius 2 is 2.20 bits per heavy atom. The molecule has 3 rings (SSSR count). The van der Waals surface area contributed by atoms with Crippen molar-refractivity contribution in [1.29, 1.82) is 0 Å². The van der Waals surface area contributed by atoms with Crippen LogP contribution in [0.25, 0.3) is 0 Å². The third-order valence-electron chi connectivity index (χ3n) is 4.73. The predicted molar refractivity (Wildman–Crippen MR) is 93.1 cm³/mol. The monoisotopic (exact) mass is 368 g/mol. The number of carbonyl (C=O) groups excluding carboxylic acids is 1. The van der Waals surface area contributed by atoms with E-state index in [2.05, 4.69) is 4.72 Å². The van der Waals surface area contributed by atoms with E-state index in [0.29, 0.717) is 44.2 Å². The molecule has 0 saturated carbocycles. The Balaban J connectivity index is 1.64. The first kappa shape index (κ1) is 18.2. The second kappa shape index (κ2) is 7.31. The van der Waals surface area contributed by atoms with Gasteiger partial charge in [-0.05, 0) is 25.1 Å². The highest BCUT2D eigenvalue weighted by atomic mass is 32.2. The van der Waals surface area contributed by atoms with Gasteiger partial charge in [0.2, 0.25) is 10.0 Å². The molecule has 0 aromatic heterocycles. The number of sulfonamides is 1. The summed E-state index contributed by atoms with van der Waals surface area (Å²) in [7, 11) is -3.22. The summed E-state index contributed by atoms with van der Waals surface area (Å²) in [5.74, 6) is 0.883. The van der Waals surface area contributed by atoms with Crippen LogP contribution in [0.5, 0.6) is 5.75 Å². The molecule has 2 aliphatic heterocycles.